The minimum atomic E-state index is -0.367. The van der Waals surface area contributed by atoms with Crippen molar-refractivity contribution in [1.82, 2.24) is 0 Å². The highest BCUT2D eigenvalue weighted by Gasteiger charge is 2.11. The zero-order valence-corrected chi connectivity index (χ0v) is 10.1. The first-order valence-corrected chi connectivity index (χ1v) is 5.54. The van der Waals surface area contributed by atoms with Crippen LogP contribution in [0.15, 0.2) is 0 Å². The number of methoxy groups -OCH3 is 1. The number of ether oxygens (including phenoxy) is 3. The van der Waals surface area contributed by atoms with Crippen LogP contribution >= 0.6 is 0 Å². The zero-order valence-electron chi connectivity index (χ0n) is 10.1. The summed E-state index contributed by atoms with van der Waals surface area (Å²) in [6, 6.07) is 0. The fourth-order valence-electron chi connectivity index (χ4n) is 1.00. The summed E-state index contributed by atoms with van der Waals surface area (Å²) in [4.78, 5) is 0. The highest BCUT2D eigenvalue weighted by molar-refractivity contribution is 4.61. The van der Waals surface area contributed by atoms with E-state index < -0.39 is 0 Å². The maximum atomic E-state index is 9.57. The Kier molecular flexibility index (Phi) is 10.3. The number of hydrogen-bond acceptors (Lipinski definition) is 4. The molecule has 0 aliphatic rings. The van der Waals surface area contributed by atoms with Gasteiger partial charge >= 0.3 is 0 Å². The van der Waals surface area contributed by atoms with E-state index in [-0.39, 0.29) is 6.10 Å². The summed E-state index contributed by atoms with van der Waals surface area (Å²) in [5.74, 6) is 0.291. The second kappa shape index (κ2) is 10.4. The van der Waals surface area contributed by atoms with Crippen LogP contribution in [0, 0.1) is 5.92 Å². The lowest BCUT2D eigenvalue weighted by atomic mass is 10.0. The Morgan fingerprint density at radius 1 is 1.07 bits per heavy atom. The van der Waals surface area contributed by atoms with Gasteiger partial charge in [0.05, 0.1) is 39.1 Å². The quantitative estimate of drug-likeness (QED) is 0.560. The maximum Gasteiger partial charge on any atom is 0.0799 e. The summed E-state index contributed by atoms with van der Waals surface area (Å²) < 4.78 is 15.3. The Morgan fingerprint density at radius 3 is 2.27 bits per heavy atom. The van der Waals surface area contributed by atoms with E-state index in [9.17, 15) is 5.11 Å². The van der Waals surface area contributed by atoms with Gasteiger partial charge in [-0.05, 0) is 5.92 Å². The minimum Gasteiger partial charge on any atom is -0.390 e. The molecule has 0 aliphatic carbocycles. The van der Waals surface area contributed by atoms with Gasteiger partial charge in [-0.3, -0.25) is 0 Å². The van der Waals surface area contributed by atoms with Crippen molar-refractivity contribution in [2.24, 2.45) is 5.92 Å². The molecule has 0 rings (SSSR count). The fourth-order valence-corrected chi connectivity index (χ4v) is 1.00. The average molecular weight is 220 g/mol. The van der Waals surface area contributed by atoms with Crippen LogP contribution in [0.4, 0.5) is 0 Å². The molecule has 0 heterocycles. The highest BCUT2D eigenvalue weighted by atomic mass is 16.5. The van der Waals surface area contributed by atoms with E-state index >= 15 is 0 Å². The molecule has 92 valence electrons. The summed E-state index contributed by atoms with van der Waals surface area (Å²) in [6.45, 7) is 6.74. The van der Waals surface area contributed by atoms with E-state index in [0.29, 0.717) is 39.0 Å². The molecule has 0 bridgehead atoms. The molecule has 0 aromatic heterocycles. The third-order valence-electron chi connectivity index (χ3n) is 2.39. The Morgan fingerprint density at radius 2 is 1.67 bits per heavy atom. The topological polar surface area (TPSA) is 47.9 Å². The van der Waals surface area contributed by atoms with Gasteiger partial charge in [0.15, 0.2) is 0 Å². The molecule has 0 saturated carbocycles. The lowest BCUT2D eigenvalue weighted by Gasteiger charge is -2.16. The molecular formula is C11H24O4. The third kappa shape index (κ3) is 8.81. The molecule has 0 amide bonds. The molecular weight excluding hydrogens is 196 g/mol. The first kappa shape index (κ1) is 14.8. The molecule has 0 radical (unpaired) electrons. The second-order valence-corrected chi connectivity index (χ2v) is 3.63. The molecule has 0 saturated heterocycles. The molecule has 2 unspecified atom stereocenters. The SMILES string of the molecule is CCC(C)C(O)COCCOCCOC. The summed E-state index contributed by atoms with van der Waals surface area (Å²) >= 11 is 0. The van der Waals surface area contributed by atoms with Crippen LogP contribution in [0.2, 0.25) is 0 Å². The third-order valence-corrected chi connectivity index (χ3v) is 2.39. The van der Waals surface area contributed by atoms with Crippen LogP contribution in [0.25, 0.3) is 0 Å². The summed E-state index contributed by atoms with van der Waals surface area (Å²) in [5, 5.41) is 9.57. The van der Waals surface area contributed by atoms with E-state index in [1.54, 1.807) is 7.11 Å². The van der Waals surface area contributed by atoms with Crippen molar-refractivity contribution < 1.29 is 19.3 Å². The van der Waals surface area contributed by atoms with Gasteiger partial charge in [0.1, 0.15) is 0 Å². The first-order chi connectivity index (χ1) is 7.22. The van der Waals surface area contributed by atoms with Crippen LogP contribution in [0.5, 0.6) is 0 Å². The van der Waals surface area contributed by atoms with E-state index in [0.717, 1.165) is 6.42 Å². The lowest BCUT2D eigenvalue weighted by molar-refractivity contribution is -0.0202. The molecule has 15 heavy (non-hydrogen) atoms. The molecule has 0 aliphatic heterocycles. The second-order valence-electron chi connectivity index (χ2n) is 3.63. The van der Waals surface area contributed by atoms with Crippen molar-refractivity contribution in [2.75, 3.05) is 40.1 Å². The Labute approximate surface area is 92.5 Å². The zero-order chi connectivity index (χ0) is 11.5. The number of hydrogen-bond donors (Lipinski definition) is 1. The molecule has 2 atom stereocenters. The number of rotatable bonds is 10. The van der Waals surface area contributed by atoms with Crippen molar-refractivity contribution in [3.05, 3.63) is 0 Å². The maximum absolute atomic E-state index is 9.57. The van der Waals surface area contributed by atoms with Gasteiger partial charge in [-0.2, -0.15) is 0 Å². The average Bonchev–Trinajstić information content (AvgIpc) is 2.26. The number of aliphatic hydroxyl groups is 1. The predicted molar refractivity (Wildman–Crippen MR) is 59.0 cm³/mol. The largest absolute Gasteiger partial charge is 0.390 e. The van der Waals surface area contributed by atoms with Crippen molar-refractivity contribution >= 4 is 0 Å². The molecule has 0 spiro atoms. The van der Waals surface area contributed by atoms with Gasteiger partial charge in [0.25, 0.3) is 0 Å². The molecule has 0 fully saturated rings. The van der Waals surface area contributed by atoms with Crippen LogP contribution in [-0.4, -0.2) is 51.4 Å². The summed E-state index contributed by atoms with van der Waals surface area (Å²) in [7, 11) is 1.64. The Balaban J connectivity index is 3.16. The van der Waals surface area contributed by atoms with Gasteiger partial charge in [0, 0.05) is 7.11 Å². The van der Waals surface area contributed by atoms with Crippen LogP contribution in [0.1, 0.15) is 20.3 Å². The Bertz CT molecular complexity index is 130. The van der Waals surface area contributed by atoms with Crippen LogP contribution in [-0.2, 0) is 14.2 Å². The van der Waals surface area contributed by atoms with Gasteiger partial charge in [-0.15, -0.1) is 0 Å². The van der Waals surface area contributed by atoms with Gasteiger partial charge in [0.2, 0.25) is 0 Å². The molecule has 4 heteroatoms. The van der Waals surface area contributed by atoms with E-state index in [1.807, 2.05) is 6.92 Å². The van der Waals surface area contributed by atoms with Crippen molar-refractivity contribution in [3.8, 4) is 0 Å². The molecule has 4 nitrogen and oxygen atoms in total. The normalized spacial score (nSPS) is 15.2. The molecule has 0 aromatic rings. The number of aliphatic hydroxyl groups excluding tert-OH is 1. The first-order valence-electron chi connectivity index (χ1n) is 5.54. The van der Waals surface area contributed by atoms with Crippen molar-refractivity contribution in [1.29, 1.82) is 0 Å². The van der Waals surface area contributed by atoms with Crippen LogP contribution < -0.4 is 0 Å². The van der Waals surface area contributed by atoms with Crippen LogP contribution in [0.3, 0.4) is 0 Å². The highest BCUT2D eigenvalue weighted by Crippen LogP contribution is 2.07. The van der Waals surface area contributed by atoms with E-state index in [1.165, 1.54) is 0 Å². The lowest BCUT2D eigenvalue weighted by Crippen LogP contribution is -2.24. The molecule has 0 aromatic carbocycles. The monoisotopic (exact) mass is 220 g/mol. The summed E-state index contributed by atoms with van der Waals surface area (Å²) in [5.41, 5.74) is 0. The smallest absolute Gasteiger partial charge is 0.0799 e. The van der Waals surface area contributed by atoms with E-state index in [2.05, 4.69) is 6.92 Å². The molecule has 1 N–H and O–H groups in total. The van der Waals surface area contributed by atoms with Crippen molar-refractivity contribution in [3.63, 3.8) is 0 Å². The van der Waals surface area contributed by atoms with Gasteiger partial charge < -0.3 is 19.3 Å². The summed E-state index contributed by atoms with van der Waals surface area (Å²) in [6.07, 6.45) is 0.600. The van der Waals surface area contributed by atoms with Crippen molar-refractivity contribution in [2.45, 2.75) is 26.4 Å². The minimum absolute atomic E-state index is 0.291. The predicted octanol–water partition coefficient (Wildman–Crippen LogP) is 1.07. The Hall–Kier alpha value is -0.160. The standard InChI is InChI=1S/C11H24O4/c1-4-10(2)11(12)9-15-8-7-14-6-5-13-3/h10-12H,4-9H2,1-3H3. The van der Waals surface area contributed by atoms with Gasteiger partial charge in [-0.1, -0.05) is 20.3 Å². The fraction of sp³-hybridized carbons (Fsp3) is 1.00. The van der Waals surface area contributed by atoms with E-state index in [4.69, 9.17) is 14.2 Å². The van der Waals surface area contributed by atoms with Gasteiger partial charge in [-0.25, -0.2) is 0 Å².